The van der Waals surface area contributed by atoms with Crippen molar-refractivity contribution in [3.8, 4) is 0 Å². The molecular formula is C23H31N5O2. The Morgan fingerprint density at radius 3 is 2.77 bits per heavy atom. The normalized spacial score (nSPS) is 20.3. The van der Waals surface area contributed by atoms with Crippen molar-refractivity contribution in [3.05, 3.63) is 59.3 Å². The molecule has 0 bridgehead atoms. The third-order valence-corrected chi connectivity index (χ3v) is 5.73. The zero-order valence-corrected chi connectivity index (χ0v) is 17.9. The van der Waals surface area contributed by atoms with Crippen LogP contribution in [0.5, 0.6) is 0 Å². The minimum atomic E-state index is 0.0563. The number of aryl methyl sites for hydroxylation is 1. The highest BCUT2D eigenvalue weighted by molar-refractivity contribution is 5.80. The first-order chi connectivity index (χ1) is 14.8. The summed E-state index contributed by atoms with van der Waals surface area (Å²) in [5, 5.41) is 3.54. The first-order valence-corrected chi connectivity index (χ1v) is 10.7. The summed E-state index contributed by atoms with van der Waals surface area (Å²) >= 11 is 0. The average molecular weight is 410 g/mol. The fourth-order valence-electron chi connectivity index (χ4n) is 4.11. The second kappa shape index (κ2) is 9.91. The van der Waals surface area contributed by atoms with E-state index in [0.29, 0.717) is 13.2 Å². The van der Waals surface area contributed by atoms with Gasteiger partial charge in [-0.3, -0.25) is 4.99 Å². The van der Waals surface area contributed by atoms with Crippen molar-refractivity contribution < 1.29 is 9.47 Å². The Morgan fingerprint density at radius 1 is 1.13 bits per heavy atom. The lowest BCUT2D eigenvalue weighted by Crippen LogP contribution is -2.48. The van der Waals surface area contributed by atoms with Crippen molar-refractivity contribution in [2.45, 2.75) is 19.6 Å². The third-order valence-electron chi connectivity index (χ3n) is 5.73. The van der Waals surface area contributed by atoms with Crippen molar-refractivity contribution in [1.29, 1.82) is 0 Å². The Bertz CT molecular complexity index is 866. The lowest BCUT2D eigenvalue weighted by atomic mass is 10.0. The van der Waals surface area contributed by atoms with Crippen LogP contribution in [0.4, 0.5) is 5.82 Å². The zero-order valence-electron chi connectivity index (χ0n) is 17.9. The zero-order chi connectivity index (χ0) is 20.8. The summed E-state index contributed by atoms with van der Waals surface area (Å²) in [6.45, 7) is 8.36. The second-order valence-corrected chi connectivity index (χ2v) is 7.65. The summed E-state index contributed by atoms with van der Waals surface area (Å²) in [5.74, 6) is 1.93. The van der Waals surface area contributed by atoms with Gasteiger partial charge < -0.3 is 24.6 Å². The van der Waals surface area contributed by atoms with Crippen molar-refractivity contribution in [1.82, 2.24) is 15.2 Å². The van der Waals surface area contributed by atoms with Crippen LogP contribution >= 0.6 is 0 Å². The van der Waals surface area contributed by atoms with Crippen LogP contribution in [0.15, 0.2) is 47.6 Å². The first kappa shape index (κ1) is 20.6. The number of nitrogens with zero attached hydrogens (tertiary/aromatic N) is 4. The molecule has 0 saturated carbocycles. The molecule has 2 saturated heterocycles. The van der Waals surface area contributed by atoms with Gasteiger partial charge in [0.15, 0.2) is 5.96 Å². The molecule has 0 aliphatic carbocycles. The minimum Gasteiger partial charge on any atom is -0.378 e. The molecule has 1 atom stereocenters. The smallest absolute Gasteiger partial charge is 0.194 e. The van der Waals surface area contributed by atoms with Gasteiger partial charge in [0.25, 0.3) is 0 Å². The molecule has 1 unspecified atom stereocenters. The number of ether oxygens (including phenoxy) is 2. The molecule has 30 heavy (non-hydrogen) atoms. The molecule has 7 heteroatoms. The molecule has 160 valence electrons. The van der Waals surface area contributed by atoms with Crippen LogP contribution < -0.4 is 10.2 Å². The maximum atomic E-state index is 6.08. The molecular weight excluding hydrogens is 378 g/mol. The number of anilines is 1. The van der Waals surface area contributed by atoms with Crippen molar-refractivity contribution >= 4 is 11.8 Å². The van der Waals surface area contributed by atoms with Crippen LogP contribution in [0.1, 0.15) is 22.8 Å². The van der Waals surface area contributed by atoms with E-state index in [9.17, 15) is 0 Å². The number of hydrogen-bond donors (Lipinski definition) is 1. The summed E-state index contributed by atoms with van der Waals surface area (Å²) in [6, 6.07) is 12.6. The second-order valence-electron chi connectivity index (χ2n) is 7.65. The highest BCUT2D eigenvalue weighted by Gasteiger charge is 2.25. The monoisotopic (exact) mass is 409 g/mol. The molecule has 0 amide bonds. The van der Waals surface area contributed by atoms with E-state index in [1.807, 2.05) is 19.3 Å². The fourth-order valence-corrected chi connectivity index (χ4v) is 4.11. The maximum Gasteiger partial charge on any atom is 0.194 e. The van der Waals surface area contributed by atoms with Gasteiger partial charge in [0, 0.05) is 45.0 Å². The molecule has 0 radical (unpaired) electrons. The van der Waals surface area contributed by atoms with Crippen molar-refractivity contribution in [2.24, 2.45) is 4.99 Å². The Hall–Kier alpha value is -2.64. The molecule has 2 aromatic rings. The molecule has 4 rings (SSSR count). The average Bonchev–Trinajstić information content (AvgIpc) is 2.81. The van der Waals surface area contributed by atoms with Gasteiger partial charge in [-0.05, 0) is 24.1 Å². The van der Waals surface area contributed by atoms with E-state index in [0.717, 1.165) is 51.2 Å². The number of hydrogen-bond acceptors (Lipinski definition) is 5. The molecule has 2 aliphatic rings. The van der Waals surface area contributed by atoms with E-state index in [4.69, 9.17) is 9.47 Å². The number of morpholine rings is 2. The third kappa shape index (κ3) is 4.74. The van der Waals surface area contributed by atoms with Crippen LogP contribution in [0.3, 0.4) is 0 Å². The Labute approximate surface area is 178 Å². The summed E-state index contributed by atoms with van der Waals surface area (Å²) in [4.78, 5) is 13.8. The van der Waals surface area contributed by atoms with Crippen molar-refractivity contribution in [2.75, 3.05) is 57.9 Å². The standard InChI is InChI=1S/C23H31N5O2/c1-18-6-3-4-8-20(18)21-17-28(12-15-30-21)23(24-2)26-16-19-7-5-9-25-22(19)27-10-13-29-14-11-27/h3-9,21H,10-17H2,1-2H3,(H,24,26). The summed E-state index contributed by atoms with van der Waals surface area (Å²) in [7, 11) is 1.84. The summed E-state index contributed by atoms with van der Waals surface area (Å²) in [6.07, 6.45) is 1.92. The predicted octanol–water partition coefficient (Wildman–Crippen LogP) is 2.38. The molecule has 1 N–H and O–H groups in total. The number of nitrogens with one attached hydrogen (secondary N) is 1. The van der Waals surface area contributed by atoms with Gasteiger partial charge in [-0.15, -0.1) is 0 Å². The predicted molar refractivity (Wildman–Crippen MR) is 119 cm³/mol. The van der Waals surface area contributed by atoms with Gasteiger partial charge in [-0.25, -0.2) is 4.98 Å². The van der Waals surface area contributed by atoms with E-state index >= 15 is 0 Å². The first-order valence-electron chi connectivity index (χ1n) is 10.7. The topological polar surface area (TPSA) is 62.2 Å². The Morgan fingerprint density at radius 2 is 1.97 bits per heavy atom. The van der Waals surface area contributed by atoms with Crippen LogP contribution in [-0.4, -0.2) is 68.9 Å². The molecule has 0 spiro atoms. The van der Waals surface area contributed by atoms with E-state index in [2.05, 4.69) is 62.3 Å². The minimum absolute atomic E-state index is 0.0563. The molecule has 2 aliphatic heterocycles. The Kier molecular flexibility index (Phi) is 6.81. The molecule has 1 aromatic heterocycles. The van der Waals surface area contributed by atoms with Gasteiger partial charge in [0.05, 0.1) is 26.4 Å². The number of guanidine groups is 1. The lowest BCUT2D eigenvalue weighted by Gasteiger charge is -2.36. The van der Waals surface area contributed by atoms with Crippen LogP contribution in [-0.2, 0) is 16.0 Å². The van der Waals surface area contributed by atoms with Gasteiger partial charge in [0.2, 0.25) is 0 Å². The Balaban J connectivity index is 1.42. The van der Waals surface area contributed by atoms with Crippen LogP contribution in [0.2, 0.25) is 0 Å². The SMILES string of the molecule is CN=C(NCc1cccnc1N1CCOCC1)N1CCOC(c2ccccc2C)C1. The van der Waals surface area contributed by atoms with Gasteiger partial charge >= 0.3 is 0 Å². The molecule has 2 fully saturated rings. The van der Waals surface area contributed by atoms with Gasteiger partial charge in [0.1, 0.15) is 11.9 Å². The van der Waals surface area contributed by atoms with Crippen LogP contribution in [0.25, 0.3) is 0 Å². The summed E-state index contributed by atoms with van der Waals surface area (Å²) in [5.41, 5.74) is 3.68. The molecule has 3 heterocycles. The number of benzene rings is 1. The van der Waals surface area contributed by atoms with Crippen LogP contribution in [0, 0.1) is 6.92 Å². The number of rotatable bonds is 4. The van der Waals surface area contributed by atoms with Crippen molar-refractivity contribution in [3.63, 3.8) is 0 Å². The molecule has 7 nitrogen and oxygen atoms in total. The largest absolute Gasteiger partial charge is 0.378 e. The highest BCUT2D eigenvalue weighted by atomic mass is 16.5. The van der Waals surface area contributed by atoms with E-state index in [1.54, 1.807) is 0 Å². The van der Waals surface area contributed by atoms with E-state index in [-0.39, 0.29) is 6.10 Å². The number of pyridine rings is 1. The number of aliphatic imine (C=N–C) groups is 1. The lowest BCUT2D eigenvalue weighted by molar-refractivity contribution is -0.00833. The van der Waals surface area contributed by atoms with E-state index in [1.165, 1.54) is 16.7 Å². The summed E-state index contributed by atoms with van der Waals surface area (Å²) < 4.78 is 11.6. The molecule has 1 aromatic carbocycles. The maximum absolute atomic E-state index is 6.08. The van der Waals surface area contributed by atoms with E-state index < -0.39 is 0 Å². The highest BCUT2D eigenvalue weighted by Crippen LogP contribution is 2.25. The fraction of sp³-hybridized carbons (Fsp3) is 0.478. The van der Waals surface area contributed by atoms with Gasteiger partial charge in [-0.2, -0.15) is 0 Å². The van der Waals surface area contributed by atoms with Gasteiger partial charge in [-0.1, -0.05) is 30.3 Å². The number of aromatic nitrogens is 1. The quantitative estimate of drug-likeness (QED) is 0.618.